The Labute approximate surface area is 160 Å². The van der Waals surface area contributed by atoms with Gasteiger partial charge in [0, 0.05) is 25.2 Å². The van der Waals surface area contributed by atoms with Crippen molar-refractivity contribution in [3.05, 3.63) is 53.5 Å². The molecule has 7 nitrogen and oxygen atoms in total. The third-order valence-electron chi connectivity index (χ3n) is 4.77. The highest BCUT2D eigenvalue weighted by Gasteiger charge is 2.23. The van der Waals surface area contributed by atoms with E-state index in [1.807, 2.05) is 14.0 Å². The molecule has 0 saturated carbocycles. The average molecular weight is 391 g/mol. The summed E-state index contributed by atoms with van der Waals surface area (Å²) in [5.41, 5.74) is 1.20. The summed E-state index contributed by atoms with van der Waals surface area (Å²) in [6.45, 7) is 4.97. The van der Waals surface area contributed by atoms with E-state index in [4.69, 9.17) is 4.42 Å². The summed E-state index contributed by atoms with van der Waals surface area (Å²) in [5, 5.41) is 0. The summed E-state index contributed by atoms with van der Waals surface area (Å²) in [5.74, 6) is 0.404. The molecule has 1 aliphatic rings. The predicted molar refractivity (Wildman–Crippen MR) is 102 cm³/mol. The molecule has 1 saturated heterocycles. The first-order valence-electron chi connectivity index (χ1n) is 8.97. The van der Waals surface area contributed by atoms with Crippen molar-refractivity contribution in [1.82, 2.24) is 14.5 Å². The van der Waals surface area contributed by atoms with Crippen LogP contribution in [0.15, 0.2) is 45.9 Å². The second-order valence-corrected chi connectivity index (χ2v) is 8.60. The van der Waals surface area contributed by atoms with Crippen molar-refractivity contribution in [1.29, 1.82) is 0 Å². The molecule has 0 unspecified atom stereocenters. The average Bonchev–Trinajstić information content (AvgIpc) is 3.07. The van der Waals surface area contributed by atoms with Crippen LogP contribution in [-0.4, -0.2) is 57.4 Å². The lowest BCUT2D eigenvalue weighted by Gasteiger charge is -2.22. The first kappa shape index (κ1) is 19.6. The van der Waals surface area contributed by atoms with Gasteiger partial charge in [0.2, 0.25) is 10.0 Å². The molecule has 0 bridgehead atoms. The lowest BCUT2D eigenvalue weighted by Crippen LogP contribution is -2.35. The van der Waals surface area contributed by atoms with Crippen molar-refractivity contribution in [3.63, 3.8) is 0 Å². The van der Waals surface area contributed by atoms with E-state index in [2.05, 4.69) is 9.62 Å². The lowest BCUT2D eigenvalue weighted by molar-refractivity contribution is 0.0762. The van der Waals surface area contributed by atoms with Crippen LogP contribution in [0.3, 0.4) is 0 Å². The van der Waals surface area contributed by atoms with Gasteiger partial charge in [-0.2, -0.15) is 0 Å². The quantitative estimate of drug-likeness (QED) is 0.841. The van der Waals surface area contributed by atoms with Gasteiger partial charge in [0.1, 0.15) is 5.76 Å². The molecule has 2 aromatic rings. The second kappa shape index (κ2) is 8.24. The number of benzene rings is 1. The van der Waals surface area contributed by atoms with Gasteiger partial charge in [0.05, 0.1) is 17.7 Å². The third kappa shape index (κ3) is 4.77. The van der Waals surface area contributed by atoms with Crippen molar-refractivity contribution < 1.29 is 17.6 Å². The molecule has 146 valence electrons. The molecule has 1 fully saturated rings. The molecule has 1 amide bonds. The number of nitrogens with one attached hydrogen (secondary N) is 1. The SMILES string of the molecule is Cc1ccc(S(=O)(=O)NCc2ccco2)cc1C(=O)N1CCCN(C)CC1. The van der Waals surface area contributed by atoms with Crippen LogP contribution in [0.4, 0.5) is 0 Å². The molecular weight excluding hydrogens is 366 g/mol. The molecule has 0 atom stereocenters. The fourth-order valence-electron chi connectivity index (χ4n) is 3.08. The zero-order valence-electron chi connectivity index (χ0n) is 15.6. The van der Waals surface area contributed by atoms with E-state index in [1.165, 1.54) is 18.4 Å². The number of hydrogen-bond acceptors (Lipinski definition) is 5. The van der Waals surface area contributed by atoms with E-state index in [-0.39, 0.29) is 17.3 Å². The highest BCUT2D eigenvalue weighted by molar-refractivity contribution is 7.89. The van der Waals surface area contributed by atoms with Gasteiger partial charge in [0.25, 0.3) is 5.91 Å². The highest BCUT2D eigenvalue weighted by Crippen LogP contribution is 2.19. The molecule has 1 N–H and O–H groups in total. The molecule has 27 heavy (non-hydrogen) atoms. The molecule has 1 aliphatic heterocycles. The number of hydrogen-bond donors (Lipinski definition) is 1. The summed E-state index contributed by atoms with van der Waals surface area (Å²) < 4.78 is 32.9. The molecule has 0 aliphatic carbocycles. The van der Waals surface area contributed by atoms with Crippen LogP contribution in [0, 0.1) is 6.92 Å². The van der Waals surface area contributed by atoms with E-state index in [0.717, 1.165) is 25.1 Å². The van der Waals surface area contributed by atoms with Crippen molar-refractivity contribution >= 4 is 15.9 Å². The van der Waals surface area contributed by atoms with Crippen molar-refractivity contribution in [2.45, 2.75) is 24.8 Å². The van der Waals surface area contributed by atoms with Crippen LogP contribution < -0.4 is 4.72 Å². The number of nitrogens with zero attached hydrogens (tertiary/aromatic N) is 2. The fraction of sp³-hybridized carbons (Fsp3) is 0.421. The summed E-state index contributed by atoms with van der Waals surface area (Å²) in [6.07, 6.45) is 2.40. The number of carbonyl (C=O) groups excluding carboxylic acids is 1. The van der Waals surface area contributed by atoms with Gasteiger partial charge in [-0.15, -0.1) is 0 Å². The Morgan fingerprint density at radius 2 is 2.00 bits per heavy atom. The Balaban J connectivity index is 1.79. The van der Waals surface area contributed by atoms with Gasteiger partial charge < -0.3 is 14.2 Å². The maximum Gasteiger partial charge on any atom is 0.254 e. The number of likely N-dealkylation sites (N-methyl/N-ethyl adjacent to an activating group) is 1. The van der Waals surface area contributed by atoms with E-state index >= 15 is 0 Å². The van der Waals surface area contributed by atoms with E-state index in [0.29, 0.717) is 24.4 Å². The number of carbonyl (C=O) groups is 1. The number of sulfonamides is 1. The molecule has 1 aromatic heterocycles. The van der Waals surface area contributed by atoms with Crippen LogP contribution >= 0.6 is 0 Å². The van der Waals surface area contributed by atoms with Crippen molar-refractivity contribution in [2.75, 3.05) is 33.2 Å². The molecule has 3 rings (SSSR count). The number of aryl methyl sites for hydroxylation is 1. The Morgan fingerprint density at radius 3 is 2.74 bits per heavy atom. The number of furan rings is 1. The predicted octanol–water partition coefficient (Wildman–Crippen LogP) is 1.84. The molecule has 8 heteroatoms. The number of amides is 1. The minimum absolute atomic E-state index is 0.0605. The zero-order chi connectivity index (χ0) is 19.4. The normalized spacial score (nSPS) is 16.3. The van der Waals surface area contributed by atoms with Crippen LogP contribution in [-0.2, 0) is 16.6 Å². The third-order valence-corrected chi connectivity index (χ3v) is 6.17. The van der Waals surface area contributed by atoms with Crippen molar-refractivity contribution in [3.8, 4) is 0 Å². The second-order valence-electron chi connectivity index (χ2n) is 6.83. The van der Waals surface area contributed by atoms with Gasteiger partial charge in [-0.25, -0.2) is 13.1 Å². The van der Waals surface area contributed by atoms with Gasteiger partial charge in [-0.3, -0.25) is 4.79 Å². The summed E-state index contributed by atoms with van der Waals surface area (Å²) in [7, 11) is -1.71. The summed E-state index contributed by atoms with van der Waals surface area (Å²) >= 11 is 0. The Kier molecular flexibility index (Phi) is 5.98. The first-order valence-corrected chi connectivity index (χ1v) is 10.5. The summed E-state index contributed by atoms with van der Waals surface area (Å²) in [4.78, 5) is 17.1. The van der Waals surface area contributed by atoms with Crippen LogP contribution in [0.1, 0.15) is 28.1 Å². The largest absolute Gasteiger partial charge is 0.468 e. The first-order chi connectivity index (χ1) is 12.9. The molecule has 2 heterocycles. The van der Waals surface area contributed by atoms with E-state index in [1.54, 1.807) is 23.1 Å². The topological polar surface area (TPSA) is 82.9 Å². The molecular formula is C19H25N3O4S. The van der Waals surface area contributed by atoms with Crippen LogP contribution in [0.25, 0.3) is 0 Å². The Hall–Kier alpha value is -2.16. The van der Waals surface area contributed by atoms with Crippen LogP contribution in [0.2, 0.25) is 0 Å². The van der Waals surface area contributed by atoms with Crippen molar-refractivity contribution in [2.24, 2.45) is 0 Å². The van der Waals surface area contributed by atoms with Gasteiger partial charge in [0.15, 0.2) is 0 Å². The molecule has 0 spiro atoms. The minimum atomic E-state index is -3.74. The van der Waals surface area contributed by atoms with E-state index < -0.39 is 10.0 Å². The monoisotopic (exact) mass is 391 g/mol. The van der Waals surface area contributed by atoms with Gasteiger partial charge in [-0.1, -0.05) is 6.07 Å². The van der Waals surface area contributed by atoms with Gasteiger partial charge >= 0.3 is 0 Å². The maximum atomic E-state index is 13.0. The fourth-order valence-corrected chi connectivity index (χ4v) is 4.10. The molecule has 0 radical (unpaired) electrons. The minimum Gasteiger partial charge on any atom is -0.468 e. The summed E-state index contributed by atoms with van der Waals surface area (Å²) in [6, 6.07) is 8.07. The smallest absolute Gasteiger partial charge is 0.254 e. The molecule has 1 aromatic carbocycles. The van der Waals surface area contributed by atoms with E-state index in [9.17, 15) is 13.2 Å². The van der Waals surface area contributed by atoms with Gasteiger partial charge in [-0.05, 0) is 56.8 Å². The maximum absolute atomic E-state index is 13.0. The highest BCUT2D eigenvalue weighted by atomic mass is 32.2. The lowest BCUT2D eigenvalue weighted by atomic mass is 10.1. The number of rotatable bonds is 5. The van der Waals surface area contributed by atoms with Crippen LogP contribution in [0.5, 0.6) is 0 Å². The Morgan fingerprint density at radius 1 is 1.19 bits per heavy atom. The Bertz CT molecular complexity index is 894. The standard InChI is InChI=1S/C19H25N3O4S/c1-15-6-7-17(27(24,25)20-14-16-5-3-12-26-16)13-18(15)19(23)22-9-4-8-21(2)10-11-22/h3,5-7,12-13,20H,4,8-11,14H2,1-2H3. The zero-order valence-corrected chi connectivity index (χ0v) is 16.5.